The molecule has 1 heterocycles. The molecule has 1 aromatic carbocycles. The summed E-state index contributed by atoms with van der Waals surface area (Å²) < 4.78 is 14.9. The molecule has 1 N–H and O–H groups in total. The number of piperazine rings is 1. The fraction of sp³-hybridized carbons (Fsp3) is 0.571. The third-order valence-corrected chi connectivity index (χ3v) is 4.65. The summed E-state index contributed by atoms with van der Waals surface area (Å²) in [6.07, 6.45) is 2.61. The first kappa shape index (κ1) is 12.4. The molecule has 1 unspecified atom stereocenters. The predicted octanol–water partition coefficient (Wildman–Crippen LogP) is 3.17. The van der Waals surface area contributed by atoms with Gasteiger partial charge in [0.2, 0.25) is 0 Å². The van der Waals surface area contributed by atoms with Crippen LogP contribution in [0.2, 0.25) is 0 Å². The summed E-state index contributed by atoms with van der Waals surface area (Å²) >= 11 is 3.42. The Bertz CT molecular complexity index is 461. The van der Waals surface area contributed by atoms with E-state index in [1.165, 1.54) is 18.9 Å². The second kappa shape index (κ2) is 4.49. The Hall–Kier alpha value is -0.610. The molecule has 4 heteroatoms. The number of hydrogen-bond donors (Lipinski definition) is 1. The number of nitrogens with one attached hydrogen (secondary N) is 1. The average Bonchev–Trinajstić information content (AvgIpc) is 3.17. The van der Waals surface area contributed by atoms with E-state index in [1.807, 2.05) is 6.07 Å². The second-order valence-electron chi connectivity index (χ2n) is 5.64. The topological polar surface area (TPSA) is 15.3 Å². The van der Waals surface area contributed by atoms with Crippen molar-refractivity contribution in [3.63, 3.8) is 0 Å². The van der Waals surface area contributed by atoms with Crippen LogP contribution >= 0.6 is 15.9 Å². The first-order chi connectivity index (χ1) is 8.58. The standard InChI is InChI=1S/C14H18BrFN2/c1-14(10-2-3-10)9-18(7-6-17-14)13-8-11(15)4-5-12(13)16/h4-5,8,10,17H,2-3,6-7,9H2,1H3. The summed E-state index contributed by atoms with van der Waals surface area (Å²) in [7, 11) is 0. The molecule has 2 aliphatic rings. The second-order valence-corrected chi connectivity index (χ2v) is 6.55. The lowest BCUT2D eigenvalue weighted by Crippen LogP contribution is -2.60. The van der Waals surface area contributed by atoms with Crippen molar-refractivity contribution < 1.29 is 4.39 Å². The minimum atomic E-state index is -0.127. The zero-order valence-corrected chi connectivity index (χ0v) is 12.1. The molecule has 2 fully saturated rings. The van der Waals surface area contributed by atoms with Crippen LogP contribution in [-0.4, -0.2) is 25.2 Å². The van der Waals surface area contributed by atoms with Crippen molar-refractivity contribution in [2.45, 2.75) is 25.3 Å². The third kappa shape index (κ3) is 2.28. The van der Waals surface area contributed by atoms with Crippen molar-refractivity contribution in [2.24, 2.45) is 5.92 Å². The normalized spacial score (nSPS) is 28.5. The number of benzene rings is 1. The van der Waals surface area contributed by atoms with Gasteiger partial charge in [0.05, 0.1) is 5.69 Å². The van der Waals surface area contributed by atoms with Crippen molar-refractivity contribution in [3.05, 3.63) is 28.5 Å². The molecule has 0 amide bonds. The van der Waals surface area contributed by atoms with Crippen LogP contribution in [0, 0.1) is 11.7 Å². The summed E-state index contributed by atoms with van der Waals surface area (Å²) in [6, 6.07) is 5.17. The van der Waals surface area contributed by atoms with Gasteiger partial charge < -0.3 is 10.2 Å². The lowest BCUT2D eigenvalue weighted by molar-refractivity contribution is 0.284. The smallest absolute Gasteiger partial charge is 0.146 e. The molecule has 0 bridgehead atoms. The van der Waals surface area contributed by atoms with Crippen LogP contribution in [0.4, 0.5) is 10.1 Å². The van der Waals surface area contributed by atoms with Gasteiger partial charge in [-0.15, -0.1) is 0 Å². The summed E-state index contributed by atoms with van der Waals surface area (Å²) in [4.78, 5) is 2.18. The van der Waals surface area contributed by atoms with Gasteiger partial charge in [-0.25, -0.2) is 4.39 Å². The first-order valence-corrected chi connectivity index (χ1v) is 7.33. The van der Waals surface area contributed by atoms with Gasteiger partial charge in [0.25, 0.3) is 0 Å². The van der Waals surface area contributed by atoms with Gasteiger partial charge in [-0.05, 0) is 43.9 Å². The number of anilines is 1. The molecule has 0 aromatic heterocycles. The zero-order valence-electron chi connectivity index (χ0n) is 10.5. The maximum absolute atomic E-state index is 13.9. The summed E-state index contributed by atoms with van der Waals surface area (Å²) in [5, 5.41) is 3.62. The highest BCUT2D eigenvalue weighted by Gasteiger charge is 2.44. The largest absolute Gasteiger partial charge is 0.366 e. The van der Waals surface area contributed by atoms with Crippen LogP contribution < -0.4 is 10.2 Å². The maximum Gasteiger partial charge on any atom is 0.146 e. The van der Waals surface area contributed by atoms with Crippen molar-refractivity contribution in [1.29, 1.82) is 0 Å². The van der Waals surface area contributed by atoms with Crippen molar-refractivity contribution in [1.82, 2.24) is 5.32 Å². The SMILES string of the molecule is CC1(C2CC2)CN(c2cc(Br)ccc2F)CCN1. The quantitative estimate of drug-likeness (QED) is 0.902. The molecule has 1 saturated carbocycles. The van der Waals surface area contributed by atoms with Gasteiger partial charge in [-0.2, -0.15) is 0 Å². The van der Waals surface area contributed by atoms with Gasteiger partial charge in [0, 0.05) is 29.6 Å². The van der Waals surface area contributed by atoms with Gasteiger partial charge in [-0.1, -0.05) is 15.9 Å². The molecule has 1 aliphatic carbocycles. The summed E-state index contributed by atoms with van der Waals surface area (Å²) in [5.74, 6) is 0.633. The molecular formula is C14H18BrFN2. The monoisotopic (exact) mass is 312 g/mol. The third-order valence-electron chi connectivity index (χ3n) is 4.16. The Morgan fingerprint density at radius 3 is 2.94 bits per heavy atom. The molecule has 3 rings (SSSR count). The molecule has 2 nitrogen and oxygen atoms in total. The Morgan fingerprint density at radius 1 is 1.44 bits per heavy atom. The van der Waals surface area contributed by atoms with Gasteiger partial charge in [-0.3, -0.25) is 0 Å². The molecule has 1 aromatic rings. The zero-order chi connectivity index (χ0) is 12.8. The van der Waals surface area contributed by atoms with E-state index in [4.69, 9.17) is 0 Å². The Morgan fingerprint density at radius 2 is 2.22 bits per heavy atom. The average molecular weight is 313 g/mol. The van der Waals surface area contributed by atoms with Crippen LogP contribution in [0.1, 0.15) is 19.8 Å². The highest BCUT2D eigenvalue weighted by atomic mass is 79.9. The van der Waals surface area contributed by atoms with E-state index in [1.54, 1.807) is 6.07 Å². The fourth-order valence-corrected chi connectivity index (χ4v) is 3.28. The number of nitrogens with zero attached hydrogens (tertiary/aromatic N) is 1. The predicted molar refractivity (Wildman–Crippen MR) is 75.4 cm³/mol. The molecule has 1 saturated heterocycles. The van der Waals surface area contributed by atoms with Crippen molar-refractivity contribution >= 4 is 21.6 Å². The molecule has 0 radical (unpaired) electrons. The van der Waals surface area contributed by atoms with Gasteiger partial charge in [0.1, 0.15) is 5.82 Å². The first-order valence-electron chi connectivity index (χ1n) is 6.53. The van der Waals surface area contributed by atoms with E-state index in [9.17, 15) is 4.39 Å². The molecule has 18 heavy (non-hydrogen) atoms. The molecule has 98 valence electrons. The molecule has 1 atom stereocenters. The maximum atomic E-state index is 13.9. The number of rotatable bonds is 2. The minimum Gasteiger partial charge on any atom is -0.366 e. The van der Waals surface area contributed by atoms with Crippen molar-refractivity contribution in [3.8, 4) is 0 Å². The fourth-order valence-electron chi connectivity index (χ4n) is 2.94. The van der Waals surface area contributed by atoms with Crippen LogP contribution in [0.25, 0.3) is 0 Å². The molecular weight excluding hydrogens is 295 g/mol. The lowest BCUT2D eigenvalue weighted by atomic mass is 9.92. The highest BCUT2D eigenvalue weighted by Crippen LogP contribution is 2.41. The van der Waals surface area contributed by atoms with Crippen LogP contribution in [0.5, 0.6) is 0 Å². The lowest BCUT2D eigenvalue weighted by Gasteiger charge is -2.43. The van der Waals surface area contributed by atoms with E-state index >= 15 is 0 Å². The Labute approximate surface area is 116 Å². The van der Waals surface area contributed by atoms with Crippen LogP contribution in [0.3, 0.4) is 0 Å². The Kier molecular flexibility index (Phi) is 3.10. The molecule has 1 aliphatic heterocycles. The Balaban J connectivity index is 1.85. The number of hydrogen-bond acceptors (Lipinski definition) is 2. The summed E-state index contributed by atoms with van der Waals surface area (Å²) in [6.45, 7) is 4.96. The van der Waals surface area contributed by atoms with Gasteiger partial charge >= 0.3 is 0 Å². The molecule has 0 spiro atoms. The van der Waals surface area contributed by atoms with Crippen LogP contribution in [-0.2, 0) is 0 Å². The summed E-state index contributed by atoms with van der Waals surface area (Å²) in [5.41, 5.74) is 0.866. The van der Waals surface area contributed by atoms with E-state index in [-0.39, 0.29) is 11.4 Å². The van der Waals surface area contributed by atoms with E-state index in [0.717, 1.165) is 35.7 Å². The van der Waals surface area contributed by atoms with Gasteiger partial charge in [0.15, 0.2) is 0 Å². The number of halogens is 2. The van der Waals surface area contributed by atoms with E-state index < -0.39 is 0 Å². The van der Waals surface area contributed by atoms with Crippen molar-refractivity contribution in [2.75, 3.05) is 24.5 Å². The minimum absolute atomic E-state index is 0.127. The van der Waals surface area contributed by atoms with E-state index in [0.29, 0.717) is 0 Å². The highest BCUT2D eigenvalue weighted by molar-refractivity contribution is 9.10. The van der Waals surface area contributed by atoms with Crippen LogP contribution in [0.15, 0.2) is 22.7 Å². The van der Waals surface area contributed by atoms with E-state index in [2.05, 4.69) is 33.1 Å².